The first-order valence-corrected chi connectivity index (χ1v) is 7.07. The standard InChI is InChI=1S/C15H17BrN2O/c1-12(15-7-2-3-8-18-15)17-9-10-19-14-6-4-5-13(16)11-14/h2-8,11-12,17H,9-10H2,1H3/t12-/m0/s1. The number of nitrogens with zero attached hydrogens (tertiary/aromatic N) is 1. The molecule has 0 radical (unpaired) electrons. The van der Waals surface area contributed by atoms with Crippen LogP contribution in [0.25, 0.3) is 0 Å². The van der Waals surface area contributed by atoms with Crippen LogP contribution in [-0.4, -0.2) is 18.1 Å². The molecule has 1 atom stereocenters. The second-order valence-electron chi connectivity index (χ2n) is 4.24. The number of hydrogen-bond donors (Lipinski definition) is 1. The molecule has 0 fully saturated rings. The Balaban J connectivity index is 1.72. The number of rotatable bonds is 6. The lowest BCUT2D eigenvalue weighted by molar-refractivity contribution is 0.307. The molecule has 19 heavy (non-hydrogen) atoms. The first-order valence-electron chi connectivity index (χ1n) is 6.28. The minimum atomic E-state index is 0.229. The van der Waals surface area contributed by atoms with Crippen LogP contribution in [0.3, 0.4) is 0 Å². The van der Waals surface area contributed by atoms with Crippen molar-refractivity contribution < 1.29 is 4.74 Å². The molecule has 0 spiro atoms. The van der Waals surface area contributed by atoms with Gasteiger partial charge in [-0.05, 0) is 37.3 Å². The van der Waals surface area contributed by atoms with Crippen LogP contribution in [-0.2, 0) is 0 Å². The lowest BCUT2D eigenvalue weighted by Gasteiger charge is -2.13. The third-order valence-corrected chi connectivity index (χ3v) is 3.24. The Hall–Kier alpha value is -1.39. The van der Waals surface area contributed by atoms with Gasteiger partial charge < -0.3 is 10.1 Å². The van der Waals surface area contributed by atoms with Crippen LogP contribution in [0.2, 0.25) is 0 Å². The molecule has 1 N–H and O–H groups in total. The molecule has 2 aromatic rings. The summed E-state index contributed by atoms with van der Waals surface area (Å²) in [5, 5.41) is 3.38. The summed E-state index contributed by atoms with van der Waals surface area (Å²) in [6.45, 7) is 3.51. The quantitative estimate of drug-likeness (QED) is 0.826. The topological polar surface area (TPSA) is 34.1 Å². The Morgan fingerprint density at radius 2 is 2.16 bits per heavy atom. The van der Waals surface area contributed by atoms with Gasteiger partial charge in [-0.1, -0.05) is 28.1 Å². The maximum absolute atomic E-state index is 5.66. The van der Waals surface area contributed by atoms with E-state index in [4.69, 9.17) is 4.74 Å². The van der Waals surface area contributed by atoms with Gasteiger partial charge in [0.1, 0.15) is 12.4 Å². The number of nitrogens with one attached hydrogen (secondary N) is 1. The summed E-state index contributed by atoms with van der Waals surface area (Å²) in [5.74, 6) is 0.877. The van der Waals surface area contributed by atoms with Gasteiger partial charge in [0.2, 0.25) is 0 Å². The third kappa shape index (κ3) is 4.65. The zero-order valence-corrected chi connectivity index (χ0v) is 12.4. The molecule has 1 heterocycles. The highest BCUT2D eigenvalue weighted by molar-refractivity contribution is 9.10. The second kappa shape index (κ2) is 7.26. The summed E-state index contributed by atoms with van der Waals surface area (Å²) >= 11 is 3.42. The highest BCUT2D eigenvalue weighted by Crippen LogP contribution is 2.17. The van der Waals surface area contributed by atoms with Crippen LogP contribution in [0.1, 0.15) is 18.7 Å². The van der Waals surface area contributed by atoms with Crippen molar-refractivity contribution in [3.8, 4) is 5.75 Å². The molecule has 4 heteroatoms. The average molecular weight is 321 g/mol. The van der Waals surface area contributed by atoms with Gasteiger partial charge in [-0.2, -0.15) is 0 Å². The van der Waals surface area contributed by atoms with Crippen molar-refractivity contribution in [3.05, 3.63) is 58.8 Å². The normalized spacial score (nSPS) is 12.1. The molecule has 1 aromatic carbocycles. The van der Waals surface area contributed by atoms with Crippen molar-refractivity contribution in [1.29, 1.82) is 0 Å². The molecule has 100 valence electrons. The van der Waals surface area contributed by atoms with Crippen LogP contribution in [0.5, 0.6) is 5.75 Å². The molecular formula is C15H17BrN2O. The van der Waals surface area contributed by atoms with Crippen LogP contribution in [0.4, 0.5) is 0 Å². The highest BCUT2D eigenvalue weighted by atomic mass is 79.9. The van der Waals surface area contributed by atoms with E-state index < -0.39 is 0 Å². The summed E-state index contributed by atoms with van der Waals surface area (Å²) in [7, 11) is 0. The Kier molecular flexibility index (Phi) is 5.36. The van der Waals surface area contributed by atoms with Gasteiger partial charge >= 0.3 is 0 Å². The van der Waals surface area contributed by atoms with E-state index in [1.54, 1.807) is 0 Å². The van der Waals surface area contributed by atoms with Gasteiger partial charge in [0, 0.05) is 23.3 Å². The van der Waals surface area contributed by atoms with E-state index in [0.717, 1.165) is 22.5 Å². The molecular weight excluding hydrogens is 304 g/mol. The zero-order valence-electron chi connectivity index (χ0n) is 10.8. The van der Waals surface area contributed by atoms with E-state index in [1.807, 2.05) is 48.7 Å². The Morgan fingerprint density at radius 1 is 1.26 bits per heavy atom. The molecule has 2 rings (SSSR count). The SMILES string of the molecule is C[C@H](NCCOc1cccc(Br)c1)c1ccccn1. The van der Waals surface area contributed by atoms with Gasteiger partial charge in [0.15, 0.2) is 0 Å². The first kappa shape index (κ1) is 14.0. The fourth-order valence-corrected chi connectivity index (χ4v) is 2.12. The zero-order chi connectivity index (χ0) is 13.5. The summed E-state index contributed by atoms with van der Waals surface area (Å²) in [5.41, 5.74) is 1.05. The monoisotopic (exact) mass is 320 g/mol. The summed E-state index contributed by atoms with van der Waals surface area (Å²) < 4.78 is 6.69. The molecule has 3 nitrogen and oxygen atoms in total. The molecule has 0 aliphatic heterocycles. The Bertz CT molecular complexity index is 505. The van der Waals surface area contributed by atoms with Crippen molar-refractivity contribution >= 4 is 15.9 Å². The number of aromatic nitrogens is 1. The predicted molar refractivity (Wildman–Crippen MR) is 80.3 cm³/mol. The number of benzene rings is 1. The smallest absolute Gasteiger partial charge is 0.120 e. The van der Waals surface area contributed by atoms with E-state index in [9.17, 15) is 0 Å². The minimum Gasteiger partial charge on any atom is -0.492 e. The molecule has 1 aromatic heterocycles. The lowest BCUT2D eigenvalue weighted by atomic mass is 10.2. The number of hydrogen-bond acceptors (Lipinski definition) is 3. The van der Waals surface area contributed by atoms with Gasteiger partial charge in [-0.3, -0.25) is 4.98 Å². The Labute approximate surface area is 122 Å². The first-order chi connectivity index (χ1) is 9.25. The fraction of sp³-hybridized carbons (Fsp3) is 0.267. The summed E-state index contributed by atoms with van der Waals surface area (Å²) in [6, 6.07) is 14.0. The van der Waals surface area contributed by atoms with Crippen molar-refractivity contribution in [2.24, 2.45) is 0 Å². The van der Waals surface area contributed by atoms with E-state index in [1.165, 1.54) is 0 Å². The largest absolute Gasteiger partial charge is 0.492 e. The molecule has 0 aliphatic carbocycles. The fourth-order valence-electron chi connectivity index (χ4n) is 1.74. The van der Waals surface area contributed by atoms with Crippen LogP contribution < -0.4 is 10.1 Å². The number of pyridine rings is 1. The average Bonchev–Trinajstić information content (AvgIpc) is 2.44. The maximum Gasteiger partial charge on any atom is 0.120 e. The summed E-state index contributed by atoms with van der Waals surface area (Å²) in [4.78, 5) is 4.32. The van der Waals surface area contributed by atoms with Gasteiger partial charge in [-0.25, -0.2) is 0 Å². The van der Waals surface area contributed by atoms with Crippen molar-refractivity contribution in [1.82, 2.24) is 10.3 Å². The molecule has 0 saturated heterocycles. The Morgan fingerprint density at radius 3 is 2.89 bits per heavy atom. The maximum atomic E-state index is 5.66. The number of ether oxygens (including phenoxy) is 1. The molecule has 0 aliphatic rings. The van der Waals surface area contributed by atoms with E-state index in [-0.39, 0.29) is 6.04 Å². The van der Waals surface area contributed by atoms with Gasteiger partial charge in [0.05, 0.1) is 5.69 Å². The highest BCUT2D eigenvalue weighted by Gasteiger charge is 2.04. The van der Waals surface area contributed by atoms with Crippen molar-refractivity contribution in [2.75, 3.05) is 13.2 Å². The van der Waals surface area contributed by atoms with E-state index >= 15 is 0 Å². The van der Waals surface area contributed by atoms with Gasteiger partial charge in [0.25, 0.3) is 0 Å². The van der Waals surface area contributed by atoms with E-state index in [2.05, 4.69) is 33.2 Å². The lowest BCUT2D eigenvalue weighted by Crippen LogP contribution is -2.24. The molecule has 0 unspecified atom stereocenters. The molecule has 0 bridgehead atoms. The van der Waals surface area contributed by atoms with Crippen LogP contribution in [0, 0.1) is 0 Å². The summed E-state index contributed by atoms with van der Waals surface area (Å²) in [6.07, 6.45) is 1.81. The predicted octanol–water partition coefficient (Wildman–Crippen LogP) is 3.57. The number of halogens is 1. The van der Waals surface area contributed by atoms with Crippen LogP contribution in [0.15, 0.2) is 53.1 Å². The second-order valence-corrected chi connectivity index (χ2v) is 5.15. The van der Waals surface area contributed by atoms with E-state index in [0.29, 0.717) is 6.61 Å². The van der Waals surface area contributed by atoms with Crippen molar-refractivity contribution in [2.45, 2.75) is 13.0 Å². The van der Waals surface area contributed by atoms with Crippen molar-refractivity contribution in [3.63, 3.8) is 0 Å². The molecule has 0 saturated carbocycles. The van der Waals surface area contributed by atoms with Crippen LogP contribution >= 0.6 is 15.9 Å². The minimum absolute atomic E-state index is 0.229. The molecule has 0 amide bonds. The van der Waals surface area contributed by atoms with Gasteiger partial charge in [-0.15, -0.1) is 0 Å². The third-order valence-electron chi connectivity index (χ3n) is 2.75.